The molecule has 3 aromatic rings. The maximum absolute atomic E-state index is 12.4. The predicted octanol–water partition coefficient (Wildman–Crippen LogP) is 3.12. The quantitative estimate of drug-likeness (QED) is 0.758. The van der Waals surface area contributed by atoms with Gasteiger partial charge in [-0.1, -0.05) is 0 Å². The molecule has 8 heteroatoms. The van der Waals surface area contributed by atoms with E-state index in [9.17, 15) is 4.79 Å². The van der Waals surface area contributed by atoms with Crippen LogP contribution in [0, 0.1) is 6.92 Å². The zero-order valence-electron chi connectivity index (χ0n) is 14.4. The van der Waals surface area contributed by atoms with Gasteiger partial charge in [-0.25, -0.2) is 4.98 Å². The van der Waals surface area contributed by atoms with Crippen LogP contribution < -0.4 is 14.8 Å². The molecule has 2 heterocycles. The van der Waals surface area contributed by atoms with E-state index in [1.165, 1.54) is 23.1 Å². The fraction of sp³-hybridized carbons (Fsp3) is 0.235. The van der Waals surface area contributed by atoms with E-state index in [1.807, 2.05) is 30.5 Å². The Morgan fingerprint density at radius 3 is 2.76 bits per heavy atom. The molecule has 2 aromatic heterocycles. The van der Waals surface area contributed by atoms with E-state index in [2.05, 4.69) is 15.4 Å². The van der Waals surface area contributed by atoms with Crippen molar-refractivity contribution in [3.05, 3.63) is 40.9 Å². The van der Waals surface area contributed by atoms with E-state index < -0.39 is 0 Å². The fourth-order valence-corrected chi connectivity index (χ4v) is 3.16. The van der Waals surface area contributed by atoms with Gasteiger partial charge in [0.05, 0.1) is 19.9 Å². The second-order valence-electron chi connectivity index (χ2n) is 5.40. The minimum Gasteiger partial charge on any atom is -0.496 e. The maximum Gasteiger partial charge on any atom is 0.264 e. The number of hydrogen-bond acceptors (Lipinski definition) is 6. The number of anilines is 1. The first kappa shape index (κ1) is 17.0. The van der Waals surface area contributed by atoms with Crippen LogP contribution in [0.2, 0.25) is 0 Å². The number of amides is 1. The van der Waals surface area contributed by atoms with Gasteiger partial charge < -0.3 is 9.47 Å². The molecular weight excluding hydrogens is 340 g/mol. The molecule has 0 unspecified atom stereocenters. The van der Waals surface area contributed by atoms with Gasteiger partial charge in [0, 0.05) is 24.2 Å². The molecule has 130 valence electrons. The number of rotatable bonds is 5. The highest BCUT2D eigenvalue weighted by Gasteiger charge is 2.18. The molecule has 0 aliphatic rings. The van der Waals surface area contributed by atoms with Crippen LogP contribution in [0.5, 0.6) is 11.6 Å². The number of aryl methyl sites for hydroxylation is 2. The van der Waals surface area contributed by atoms with E-state index in [-0.39, 0.29) is 11.8 Å². The highest BCUT2D eigenvalue weighted by atomic mass is 32.1. The molecule has 0 spiro atoms. The number of benzene rings is 1. The summed E-state index contributed by atoms with van der Waals surface area (Å²) in [5.74, 6) is 0.801. The lowest BCUT2D eigenvalue weighted by atomic mass is 10.1. The van der Waals surface area contributed by atoms with E-state index in [0.29, 0.717) is 10.7 Å². The summed E-state index contributed by atoms with van der Waals surface area (Å²) in [6.07, 6.45) is 1.61. The summed E-state index contributed by atoms with van der Waals surface area (Å²) in [6, 6.07) is 5.85. The molecule has 1 N–H and O–H groups in total. The molecule has 0 saturated carbocycles. The summed E-state index contributed by atoms with van der Waals surface area (Å²) in [7, 11) is 4.85. The summed E-state index contributed by atoms with van der Waals surface area (Å²) >= 11 is 1.36. The molecule has 7 nitrogen and oxygen atoms in total. The first-order chi connectivity index (χ1) is 12.0. The Balaban J connectivity index is 1.79. The average molecular weight is 358 g/mol. The Morgan fingerprint density at radius 2 is 2.08 bits per heavy atom. The second-order valence-corrected chi connectivity index (χ2v) is 6.26. The topological polar surface area (TPSA) is 78.3 Å². The monoisotopic (exact) mass is 358 g/mol. The molecule has 3 rings (SSSR count). The third-order valence-electron chi connectivity index (χ3n) is 3.65. The van der Waals surface area contributed by atoms with Crippen molar-refractivity contribution in [3.63, 3.8) is 0 Å². The largest absolute Gasteiger partial charge is 0.496 e. The zero-order chi connectivity index (χ0) is 18.0. The van der Waals surface area contributed by atoms with Crippen LogP contribution in [0.3, 0.4) is 0 Å². The number of nitrogens with zero attached hydrogens (tertiary/aromatic N) is 3. The summed E-state index contributed by atoms with van der Waals surface area (Å²) < 4.78 is 11.9. The van der Waals surface area contributed by atoms with Gasteiger partial charge in [-0.3, -0.25) is 14.8 Å². The number of thiazole rings is 1. The molecule has 1 amide bonds. The molecule has 25 heavy (non-hydrogen) atoms. The van der Waals surface area contributed by atoms with Crippen LogP contribution in [0.25, 0.3) is 11.3 Å². The van der Waals surface area contributed by atoms with E-state index in [0.717, 1.165) is 22.6 Å². The van der Waals surface area contributed by atoms with Gasteiger partial charge >= 0.3 is 0 Å². The Hall–Kier alpha value is -2.87. The second kappa shape index (κ2) is 6.94. The van der Waals surface area contributed by atoms with Gasteiger partial charge in [0.2, 0.25) is 5.88 Å². The van der Waals surface area contributed by atoms with Crippen LogP contribution in [-0.2, 0) is 7.05 Å². The molecule has 0 bridgehead atoms. The number of nitrogens with one attached hydrogen (secondary N) is 1. The van der Waals surface area contributed by atoms with Crippen molar-refractivity contribution in [2.45, 2.75) is 6.92 Å². The van der Waals surface area contributed by atoms with E-state index in [4.69, 9.17) is 9.47 Å². The standard InChI is InChI=1S/C17H18N4O3S/c1-10-7-11(5-6-14(10)23-3)13-9-25-17(18-13)19-15(22)12-8-21(2)20-16(12)24-4/h5-9H,1-4H3,(H,18,19,22). The van der Waals surface area contributed by atoms with Crippen molar-refractivity contribution in [3.8, 4) is 22.9 Å². The summed E-state index contributed by atoms with van der Waals surface area (Å²) in [5.41, 5.74) is 3.15. The minimum absolute atomic E-state index is 0.280. The van der Waals surface area contributed by atoms with Gasteiger partial charge in [-0.15, -0.1) is 16.4 Å². The van der Waals surface area contributed by atoms with E-state index in [1.54, 1.807) is 20.4 Å². The number of hydrogen-bond donors (Lipinski definition) is 1. The zero-order valence-corrected chi connectivity index (χ0v) is 15.2. The van der Waals surface area contributed by atoms with Gasteiger partial charge in [0.15, 0.2) is 5.13 Å². The lowest BCUT2D eigenvalue weighted by Crippen LogP contribution is -2.12. The van der Waals surface area contributed by atoms with Crippen molar-refractivity contribution in [2.75, 3.05) is 19.5 Å². The molecule has 0 fully saturated rings. The third kappa shape index (κ3) is 3.48. The van der Waals surface area contributed by atoms with Crippen molar-refractivity contribution >= 4 is 22.4 Å². The van der Waals surface area contributed by atoms with Crippen LogP contribution in [-0.4, -0.2) is 34.9 Å². The SMILES string of the molecule is COc1ccc(-c2csc(NC(=O)c3cn(C)nc3OC)n2)cc1C. The molecule has 0 aliphatic carbocycles. The number of carbonyl (C=O) groups excluding carboxylic acids is 1. The summed E-state index contributed by atoms with van der Waals surface area (Å²) in [5, 5.41) is 9.27. The van der Waals surface area contributed by atoms with Crippen LogP contribution in [0.15, 0.2) is 29.8 Å². The molecule has 0 saturated heterocycles. The highest BCUT2D eigenvalue weighted by Crippen LogP contribution is 2.29. The lowest BCUT2D eigenvalue weighted by Gasteiger charge is -2.05. The molecule has 0 radical (unpaired) electrons. The van der Waals surface area contributed by atoms with Gasteiger partial charge in [0.1, 0.15) is 11.3 Å². The van der Waals surface area contributed by atoms with Gasteiger partial charge in [0.25, 0.3) is 5.91 Å². The first-order valence-electron chi connectivity index (χ1n) is 7.51. The van der Waals surface area contributed by atoms with Crippen molar-refractivity contribution in [1.29, 1.82) is 0 Å². The van der Waals surface area contributed by atoms with Crippen LogP contribution in [0.4, 0.5) is 5.13 Å². The number of ether oxygens (including phenoxy) is 2. The number of aromatic nitrogens is 3. The van der Waals surface area contributed by atoms with Crippen molar-refractivity contribution in [1.82, 2.24) is 14.8 Å². The van der Waals surface area contributed by atoms with Crippen molar-refractivity contribution in [2.24, 2.45) is 7.05 Å². The predicted molar refractivity (Wildman–Crippen MR) is 96.6 cm³/mol. The maximum atomic E-state index is 12.4. The lowest BCUT2D eigenvalue weighted by molar-refractivity contribution is 0.102. The fourth-order valence-electron chi connectivity index (χ4n) is 2.44. The minimum atomic E-state index is -0.309. The van der Waals surface area contributed by atoms with Gasteiger partial charge in [-0.2, -0.15) is 0 Å². The first-order valence-corrected chi connectivity index (χ1v) is 8.39. The van der Waals surface area contributed by atoms with Crippen LogP contribution in [0.1, 0.15) is 15.9 Å². The summed E-state index contributed by atoms with van der Waals surface area (Å²) in [4.78, 5) is 16.9. The normalized spacial score (nSPS) is 10.6. The molecule has 0 atom stereocenters. The Labute approximate surface area is 149 Å². The van der Waals surface area contributed by atoms with E-state index >= 15 is 0 Å². The molecule has 1 aromatic carbocycles. The highest BCUT2D eigenvalue weighted by molar-refractivity contribution is 7.14. The van der Waals surface area contributed by atoms with Crippen molar-refractivity contribution < 1.29 is 14.3 Å². The summed E-state index contributed by atoms with van der Waals surface area (Å²) in [6.45, 7) is 1.98. The molecular formula is C17H18N4O3S. The Morgan fingerprint density at radius 1 is 1.28 bits per heavy atom. The number of carbonyl (C=O) groups is 1. The number of methoxy groups -OCH3 is 2. The average Bonchev–Trinajstić information content (AvgIpc) is 3.21. The third-order valence-corrected chi connectivity index (χ3v) is 4.41. The Kier molecular flexibility index (Phi) is 4.71. The van der Waals surface area contributed by atoms with Crippen LogP contribution >= 0.6 is 11.3 Å². The molecule has 0 aliphatic heterocycles. The van der Waals surface area contributed by atoms with Gasteiger partial charge in [-0.05, 0) is 30.7 Å². The Bertz CT molecular complexity index is 917. The smallest absolute Gasteiger partial charge is 0.264 e.